The Labute approximate surface area is 241 Å². The molecule has 41 heavy (non-hydrogen) atoms. The summed E-state index contributed by atoms with van der Waals surface area (Å²) in [6.07, 6.45) is 0. The van der Waals surface area contributed by atoms with E-state index in [0.29, 0.717) is 11.5 Å². The highest BCUT2D eigenvalue weighted by Gasteiger charge is 2.32. The van der Waals surface area contributed by atoms with E-state index in [0.717, 1.165) is 15.4 Å². The summed E-state index contributed by atoms with van der Waals surface area (Å²) in [5.74, 6) is 0.273. The van der Waals surface area contributed by atoms with Gasteiger partial charge in [0, 0.05) is 13.6 Å². The van der Waals surface area contributed by atoms with Gasteiger partial charge in [0.05, 0.1) is 10.6 Å². The number of likely N-dealkylation sites (N-methyl/N-ethyl adjacent to an activating group) is 1. The van der Waals surface area contributed by atoms with Gasteiger partial charge in [0.15, 0.2) is 0 Å². The van der Waals surface area contributed by atoms with Gasteiger partial charge in [-0.3, -0.25) is 13.9 Å². The number of hydrogen-bond donors (Lipinski definition) is 1. The predicted molar refractivity (Wildman–Crippen MR) is 159 cm³/mol. The summed E-state index contributed by atoms with van der Waals surface area (Å²) in [5, 5.41) is 2.59. The van der Waals surface area contributed by atoms with Crippen LogP contribution in [-0.4, -0.2) is 44.8 Å². The van der Waals surface area contributed by atoms with Crippen molar-refractivity contribution in [3.8, 4) is 11.5 Å². The van der Waals surface area contributed by atoms with E-state index in [4.69, 9.17) is 4.74 Å². The van der Waals surface area contributed by atoms with Crippen molar-refractivity contribution < 1.29 is 22.7 Å². The number of rotatable bonds is 11. The smallest absolute Gasteiger partial charge is 0.264 e. The van der Waals surface area contributed by atoms with Crippen LogP contribution in [0.4, 0.5) is 5.69 Å². The average molecular weight is 572 g/mol. The molecule has 2 amide bonds. The van der Waals surface area contributed by atoms with Crippen LogP contribution in [0.1, 0.15) is 18.1 Å². The Bertz CT molecular complexity index is 1580. The van der Waals surface area contributed by atoms with Gasteiger partial charge in [-0.05, 0) is 67.9 Å². The van der Waals surface area contributed by atoms with Crippen LogP contribution in [0.2, 0.25) is 0 Å². The lowest BCUT2D eigenvalue weighted by Crippen LogP contribution is -2.50. The Morgan fingerprint density at radius 2 is 1.44 bits per heavy atom. The molecule has 9 heteroatoms. The third-order valence-corrected chi connectivity index (χ3v) is 8.35. The first-order chi connectivity index (χ1) is 19.7. The quantitative estimate of drug-likeness (QED) is 0.269. The number of aryl methyl sites for hydroxylation is 1. The van der Waals surface area contributed by atoms with E-state index in [-0.39, 0.29) is 23.0 Å². The zero-order chi connectivity index (χ0) is 29.4. The molecule has 212 valence electrons. The topological polar surface area (TPSA) is 96.0 Å². The maximum absolute atomic E-state index is 13.9. The number of sulfonamides is 1. The molecule has 8 nitrogen and oxygen atoms in total. The summed E-state index contributed by atoms with van der Waals surface area (Å²) >= 11 is 0. The minimum absolute atomic E-state index is 0.0435. The molecule has 1 atom stereocenters. The summed E-state index contributed by atoms with van der Waals surface area (Å²) in [6.45, 7) is 3.19. The predicted octanol–water partition coefficient (Wildman–Crippen LogP) is 5.15. The van der Waals surface area contributed by atoms with E-state index in [1.54, 1.807) is 49.4 Å². The standard InChI is InChI=1S/C32H33N3O5S/c1-24-11-10-12-26(21-24)22-34(25(2)32(37)33-3)31(36)23-35(41(38,39)30-15-8-5-9-16-30)27-17-19-29(20-18-27)40-28-13-6-4-7-14-28/h4-21,25H,22-23H2,1-3H3,(H,33,37)/t25-/m1/s1. The average Bonchev–Trinajstić information content (AvgIpc) is 2.99. The zero-order valence-electron chi connectivity index (χ0n) is 23.2. The lowest BCUT2D eigenvalue weighted by Gasteiger charge is -2.32. The number of nitrogens with zero attached hydrogens (tertiary/aromatic N) is 2. The van der Waals surface area contributed by atoms with Gasteiger partial charge < -0.3 is 15.0 Å². The number of carbonyl (C=O) groups is 2. The molecule has 0 aromatic heterocycles. The van der Waals surface area contributed by atoms with Crippen molar-refractivity contribution in [3.63, 3.8) is 0 Å². The molecular weight excluding hydrogens is 538 g/mol. The summed E-state index contributed by atoms with van der Waals surface area (Å²) in [5.41, 5.74) is 2.12. The van der Waals surface area contributed by atoms with Crippen molar-refractivity contribution in [1.82, 2.24) is 10.2 Å². The van der Waals surface area contributed by atoms with Crippen LogP contribution in [-0.2, 0) is 26.2 Å². The molecule has 0 aliphatic heterocycles. The third kappa shape index (κ3) is 7.32. The number of carbonyl (C=O) groups excluding carboxylic acids is 2. The number of anilines is 1. The van der Waals surface area contributed by atoms with Crippen molar-refractivity contribution in [3.05, 3.63) is 120 Å². The summed E-state index contributed by atoms with van der Waals surface area (Å²) in [4.78, 5) is 27.9. The molecule has 0 radical (unpaired) electrons. The molecule has 4 aromatic carbocycles. The first-order valence-corrected chi connectivity index (χ1v) is 14.6. The van der Waals surface area contributed by atoms with Crippen molar-refractivity contribution in [1.29, 1.82) is 0 Å². The molecule has 0 heterocycles. The van der Waals surface area contributed by atoms with Gasteiger partial charge in [0.2, 0.25) is 11.8 Å². The molecule has 0 saturated heterocycles. The Morgan fingerprint density at radius 1 is 0.829 bits per heavy atom. The molecule has 1 N–H and O–H groups in total. The van der Waals surface area contributed by atoms with Gasteiger partial charge in [-0.2, -0.15) is 0 Å². The van der Waals surface area contributed by atoms with Crippen LogP contribution in [0.15, 0.2) is 114 Å². The molecule has 0 fully saturated rings. The van der Waals surface area contributed by atoms with Crippen LogP contribution in [0.5, 0.6) is 11.5 Å². The Kier molecular flexibility index (Phi) is 9.41. The van der Waals surface area contributed by atoms with Crippen LogP contribution < -0.4 is 14.4 Å². The number of hydrogen-bond acceptors (Lipinski definition) is 5. The van der Waals surface area contributed by atoms with Gasteiger partial charge >= 0.3 is 0 Å². The van der Waals surface area contributed by atoms with E-state index in [9.17, 15) is 18.0 Å². The molecule has 0 saturated carbocycles. The Hall–Kier alpha value is -4.63. The van der Waals surface area contributed by atoms with Crippen molar-refractivity contribution in [2.24, 2.45) is 0 Å². The van der Waals surface area contributed by atoms with Crippen LogP contribution in [0, 0.1) is 6.92 Å². The normalized spacial score (nSPS) is 11.8. The molecular formula is C32H33N3O5S. The van der Waals surface area contributed by atoms with Gasteiger partial charge in [-0.1, -0.05) is 66.2 Å². The molecule has 4 rings (SSSR count). The van der Waals surface area contributed by atoms with Crippen molar-refractivity contribution in [2.45, 2.75) is 31.3 Å². The van der Waals surface area contributed by atoms with E-state index in [2.05, 4.69) is 5.32 Å². The SMILES string of the molecule is CNC(=O)[C@@H](C)N(Cc1cccc(C)c1)C(=O)CN(c1ccc(Oc2ccccc2)cc1)S(=O)(=O)c1ccccc1. The molecule has 0 bridgehead atoms. The van der Waals surface area contributed by atoms with Crippen LogP contribution in [0.25, 0.3) is 0 Å². The lowest BCUT2D eigenvalue weighted by molar-refractivity contribution is -0.139. The van der Waals surface area contributed by atoms with Gasteiger partial charge in [0.1, 0.15) is 24.1 Å². The molecule has 0 aliphatic carbocycles. The van der Waals surface area contributed by atoms with Crippen molar-refractivity contribution in [2.75, 3.05) is 17.9 Å². The first-order valence-electron chi connectivity index (χ1n) is 13.2. The molecule has 0 unspecified atom stereocenters. The minimum Gasteiger partial charge on any atom is -0.457 e. The number of ether oxygens (including phenoxy) is 1. The van der Waals surface area contributed by atoms with E-state index >= 15 is 0 Å². The molecule has 0 aliphatic rings. The second-order valence-corrected chi connectivity index (χ2v) is 11.4. The maximum Gasteiger partial charge on any atom is 0.264 e. The second-order valence-electron chi connectivity index (χ2n) is 9.53. The number of benzene rings is 4. The summed E-state index contributed by atoms with van der Waals surface area (Å²) < 4.78 is 34.7. The summed E-state index contributed by atoms with van der Waals surface area (Å²) in [7, 11) is -2.64. The highest BCUT2D eigenvalue weighted by Crippen LogP contribution is 2.28. The second kappa shape index (κ2) is 13.1. The molecule has 4 aromatic rings. The fourth-order valence-electron chi connectivity index (χ4n) is 4.35. The fourth-order valence-corrected chi connectivity index (χ4v) is 5.79. The fraction of sp³-hybridized carbons (Fsp3) is 0.188. The van der Waals surface area contributed by atoms with Gasteiger partial charge in [0.25, 0.3) is 10.0 Å². The van der Waals surface area contributed by atoms with Gasteiger partial charge in [-0.25, -0.2) is 8.42 Å². The van der Waals surface area contributed by atoms with E-state index < -0.39 is 28.5 Å². The third-order valence-electron chi connectivity index (χ3n) is 6.56. The summed E-state index contributed by atoms with van der Waals surface area (Å²) in [6, 6.07) is 30.4. The van der Waals surface area contributed by atoms with Crippen molar-refractivity contribution >= 4 is 27.5 Å². The highest BCUT2D eigenvalue weighted by molar-refractivity contribution is 7.92. The Balaban J connectivity index is 1.69. The zero-order valence-corrected chi connectivity index (χ0v) is 24.0. The maximum atomic E-state index is 13.9. The van der Waals surface area contributed by atoms with E-state index in [1.807, 2.05) is 61.5 Å². The largest absolute Gasteiger partial charge is 0.457 e. The lowest BCUT2D eigenvalue weighted by atomic mass is 10.1. The van der Waals surface area contributed by atoms with Gasteiger partial charge in [-0.15, -0.1) is 0 Å². The van der Waals surface area contributed by atoms with Crippen LogP contribution in [0.3, 0.4) is 0 Å². The Morgan fingerprint density at radius 3 is 2.05 bits per heavy atom. The first kappa shape index (κ1) is 29.4. The number of nitrogens with one attached hydrogen (secondary N) is 1. The minimum atomic E-state index is -4.14. The van der Waals surface area contributed by atoms with Crippen LogP contribution >= 0.6 is 0 Å². The molecule has 0 spiro atoms. The van der Waals surface area contributed by atoms with E-state index in [1.165, 1.54) is 24.1 Å². The monoisotopic (exact) mass is 571 g/mol. The highest BCUT2D eigenvalue weighted by atomic mass is 32.2. The number of amides is 2. The number of para-hydroxylation sites is 1.